The van der Waals surface area contributed by atoms with E-state index in [1.54, 1.807) is 0 Å². The van der Waals surface area contributed by atoms with E-state index in [0.29, 0.717) is 11.4 Å². The topological polar surface area (TPSA) is 73.2 Å². The molecule has 27 heavy (non-hydrogen) atoms. The van der Waals surface area contributed by atoms with Gasteiger partial charge in [-0.05, 0) is 54.6 Å². The first-order chi connectivity index (χ1) is 12.7. The minimum atomic E-state index is -4.53. The van der Waals surface area contributed by atoms with Gasteiger partial charge in [-0.2, -0.15) is 18.3 Å². The van der Waals surface area contributed by atoms with Crippen LogP contribution in [0.25, 0.3) is 5.69 Å². The number of alkyl halides is 3. The van der Waals surface area contributed by atoms with Crippen LogP contribution in [0.4, 0.5) is 18.9 Å². The maximum atomic E-state index is 12.6. The van der Waals surface area contributed by atoms with E-state index in [0.717, 1.165) is 10.7 Å². The number of methoxy groups -OCH3 is 1. The van der Waals surface area contributed by atoms with Gasteiger partial charge in [0.15, 0.2) is 5.69 Å². The summed E-state index contributed by atoms with van der Waals surface area (Å²) in [7, 11) is -2.33. The number of anilines is 1. The summed E-state index contributed by atoms with van der Waals surface area (Å²) in [5.41, 5.74) is -0.387. The van der Waals surface area contributed by atoms with E-state index in [4.69, 9.17) is 4.74 Å². The van der Waals surface area contributed by atoms with Crippen LogP contribution in [-0.2, 0) is 16.2 Å². The minimum absolute atomic E-state index is 0.0503. The Kier molecular flexibility index (Phi) is 4.83. The van der Waals surface area contributed by atoms with Gasteiger partial charge < -0.3 is 4.74 Å². The zero-order chi connectivity index (χ0) is 19.7. The Labute approximate surface area is 153 Å². The fraction of sp³-hybridized carbons (Fsp3) is 0.118. The highest BCUT2D eigenvalue weighted by Gasteiger charge is 2.33. The molecule has 6 nitrogen and oxygen atoms in total. The third-order valence-electron chi connectivity index (χ3n) is 3.63. The monoisotopic (exact) mass is 397 g/mol. The lowest BCUT2D eigenvalue weighted by molar-refractivity contribution is -0.141. The smallest absolute Gasteiger partial charge is 0.435 e. The van der Waals surface area contributed by atoms with Gasteiger partial charge in [-0.1, -0.05) is 0 Å². The highest BCUT2D eigenvalue weighted by Crippen LogP contribution is 2.28. The highest BCUT2D eigenvalue weighted by atomic mass is 32.2. The third kappa shape index (κ3) is 4.22. The van der Waals surface area contributed by atoms with Crippen molar-refractivity contribution in [3.63, 3.8) is 0 Å². The van der Waals surface area contributed by atoms with Crippen molar-refractivity contribution in [3.05, 3.63) is 66.5 Å². The summed E-state index contributed by atoms with van der Waals surface area (Å²) < 4.78 is 71.0. The number of nitrogens with zero attached hydrogens (tertiary/aromatic N) is 2. The van der Waals surface area contributed by atoms with Gasteiger partial charge in [0.1, 0.15) is 5.75 Å². The lowest BCUT2D eigenvalue weighted by Gasteiger charge is -2.09. The number of hydrogen-bond acceptors (Lipinski definition) is 4. The Morgan fingerprint density at radius 2 is 1.63 bits per heavy atom. The second kappa shape index (κ2) is 6.95. The number of halogens is 3. The lowest BCUT2D eigenvalue weighted by atomic mass is 10.3. The molecule has 0 atom stereocenters. The molecule has 10 heteroatoms. The predicted octanol–water partition coefficient (Wildman–Crippen LogP) is 3.70. The summed E-state index contributed by atoms with van der Waals surface area (Å²) in [6.45, 7) is 0. The summed E-state index contributed by atoms with van der Waals surface area (Å²) >= 11 is 0. The molecule has 0 saturated carbocycles. The molecule has 0 radical (unpaired) electrons. The Morgan fingerprint density at radius 1 is 1.00 bits per heavy atom. The molecule has 3 rings (SSSR count). The summed E-state index contributed by atoms with van der Waals surface area (Å²) in [6, 6.07) is 12.5. The molecule has 0 unspecified atom stereocenters. The lowest BCUT2D eigenvalue weighted by Crippen LogP contribution is -2.13. The number of hydrogen-bond donors (Lipinski definition) is 1. The standard InChI is InChI=1S/C17H14F3N3O3S/c1-26-14-6-8-15(9-7-14)27(24,25)22-12-2-4-13(5-3-12)23-11-10-16(21-23)17(18,19)20/h2-11,22H,1H3. The van der Waals surface area contributed by atoms with Gasteiger partial charge in [-0.15, -0.1) is 0 Å². The fourth-order valence-electron chi connectivity index (χ4n) is 2.27. The number of nitrogens with one attached hydrogen (secondary N) is 1. The van der Waals surface area contributed by atoms with Crippen molar-refractivity contribution < 1.29 is 26.3 Å². The van der Waals surface area contributed by atoms with E-state index < -0.39 is 21.9 Å². The molecule has 0 aliphatic carbocycles. The van der Waals surface area contributed by atoms with Crippen LogP contribution < -0.4 is 9.46 Å². The largest absolute Gasteiger partial charge is 0.497 e. The maximum absolute atomic E-state index is 12.6. The first-order valence-corrected chi connectivity index (χ1v) is 9.07. The van der Waals surface area contributed by atoms with Crippen LogP contribution in [0.2, 0.25) is 0 Å². The first-order valence-electron chi connectivity index (χ1n) is 7.59. The van der Waals surface area contributed by atoms with Crippen LogP contribution in [-0.4, -0.2) is 25.3 Å². The molecule has 1 N–H and O–H groups in total. The number of ether oxygens (including phenoxy) is 1. The highest BCUT2D eigenvalue weighted by molar-refractivity contribution is 7.92. The number of sulfonamides is 1. The van der Waals surface area contributed by atoms with Crippen molar-refractivity contribution in [3.8, 4) is 11.4 Å². The van der Waals surface area contributed by atoms with Crippen molar-refractivity contribution in [2.45, 2.75) is 11.1 Å². The van der Waals surface area contributed by atoms with Crippen LogP contribution in [0, 0.1) is 0 Å². The molecule has 0 bridgehead atoms. The second-order valence-corrected chi connectivity index (χ2v) is 7.15. The van der Waals surface area contributed by atoms with Crippen molar-refractivity contribution in [1.29, 1.82) is 0 Å². The average Bonchev–Trinajstić information content (AvgIpc) is 3.13. The molecular formula is C17H14F3N3O3S. The molecule has 0 amide bonds. The molecular weight excluding hydrogens is 383 g/mol. The van der Waals surface area contributed by atoms with Gasteiger partial charge in [-0.25, -0.2) is 13.1 Å². The zero-order valence-corrected chi connectivity index (χ0v) is 14.8. The molecule has 2 aromatic carbocycles. The number of rotatable bonds is 5. The molecule has 142 valence electrons. The van der Waals surface area contributed by atoms with Gasteiger partial charge in [-0.3, -0.25) is 4.72 Å². The van der Waals surface area contributed by atoms with Crippen molar-refractivity contribution in [2.75, 3.05) is 11.8 Å². The van der Waals surface area contributed by atoms with Crippen LogP contribution in [0.1, 0.15) is 5.69 Å². The summed E-state index contributed by atoms with van der Waals surface area (Å²) in [4.78, 5) is 0.0503. The zero-order valence-electron chi connectivity index (χ0n) is 13.9. The molecule has 0 aliphatic rings. The molecule has 0 spiro atoms. The molecule has 3 aromatic rings. The van der Waals surface area contributed by atoms with Gasteiger partial charge in [0.2, 0.25) is 0 Å². The third-order valence-corrected chi connectivity index (χ3v) is 5.03. The van der Waals surface area contributed by atoms with Crippen LogP contribution >= 0.6 is 0 Å². The first kappa shape index (κ1) is 18.8. The molecule has 0 aliphatic heterocycles. The van der Waals surface area contributed by atoms with E-state index >= 15 is 0 Å². The Balaban J connectivity index is 1.78. The van der Waals surface area contributed by atoms with E-state index in [-0.39, 0.29) is 10.6 Å². The van der Waals surface area contributed by atoms with Crippen LogP contribution in [0.15, 0.2) is 65.7 Å². The van der Waals surface area contributed by atoms with E-state index in [9.17, 15) is 21.6 Å². The summed E-state index contributed by atoms with van der Waals surface area (Å²) in [6.07, 6.45) is -3.35. The van der Waals surface area contributed by atoms with E-state index in [1.165, 1.54) is 61.8 Å². The maximum Gasteiger partial charge on any atom is 0.435 e. The predicted molar refractivity (Wildman–Crippen MR) is 92.4 cm³/mol. The van der Waals surface area contributed by atoms with Crippen molar-refractivity contribution >= 4 is 15.7 Å². The number of benzene rings is 2. The second-order valence-electron chi connectivity index (χ2n) is 5.47. The van der Waals surface area contributed by atoms with Gasteiger partial charge >= 0.3 is 6.18 Å². The summed E-state index contributed by atoms with van der Waals surface area (Å²) in [5.74, 6) is 0.524. The van der Waals surface area contributed by atoms with Gasteiger partial charge in [0, 0.05) is 11.9 Å². The van der Waals surface area contributed by atoms with Crippen LogP contribution in [0.5, 0.6) is 5.75 Å². The fourth-order valence-corrected chi connectivity index (χ4v) is 3.33. The van der Waals surface area contributed by atoms with E-state index in [1.807, 2.05) is 0 Å². The normalized spacial score (nSPS) is 12.0. The Morgan fingerprint density at radius 3 is 2.15 bits per heavy atom. The Hall–Kier alpha value is -3.01. The van der Waals surface area contributed by atoms with Crippen LogP contribution in [0.3, 0.4) is 0 Å². The Bertz CT molecular complexity index is 1030. The average molecular weight is 397 g/mol. The SMILES string of the molecule is COc1ccc(S(=O)(=O)Nc2ccc(-n3ccc(C(F)(F)F)n3)cc2)cc1. The van der Waals surface area contributed by atoms with Gasteiger partial charge in [0.25, 0.3) is 10.0 Å². The van der Waals surface area contributed by atoms with Crippen molar-refractivity contribution in [1.82, 2.24) is 9.78 Å². The quantitative estimate of drug-likeness (QED) is 0.713. The van der Waals surface area contributed by atoms with Gasteiger partial charge in [0.05, 0.1) is 17.7 Å². The molecule has 0 fully saturated rings. The van der Waals surface area contributed by atoms with Crippen molar-refractivity contribution in [2.24, 2.45) is 0 Å². The molecule has 1 heterocycles. The summed E-state index contributed by atoms with van der Waals surface area (Å²) in [5, 5.41) is 3.46. The number of aromatic nitrogens is 2. The molecule has 1 aromatic heterocycles. The molecule has 0 saturated heterocycles. The van der Waals surface area contributed by atoms with E-state index in [2.05, 4.69) is 9.82 Å². The minimum Gasteiger partial charge on any atom is -0.497 e.